The van der Waals surface area contributed by atoms with Crippen LogP contribution in [0.2, 0.25) is 0 Å². The lowest BCUT2D eigenvalue weighted by molar-refractivity contribution is -0.274. The van der Waals surface area contributed by atoms with E-state index in [0.29, 0.717) is 17.1 Å². The van der Waals surface area contributed by atoms with Crippen LogP contribution in [-0.2, 0) is 0 Å². The molecule has 6 nitrogen and oxygen atoms in total. The number of nitrogens with zero attached hydrogens (tertiary/aromatic N) is 2. The lowest BCUT2D eigenvalue weighted by Gasteiger charge is -2.13. The Hall–Kier alpha value is -2.98. The van der Waals surface area contributed by atoms with Gasteiger partial charge in [-0.05, 0) is 55.1 Å². The number of rotatable bonds is 6. The molecule has 3 rings (SSSR count). The molecule has 158 valence electrons. The van der Waals surface area contributed by atoms with Crippen LogP contribution in [0.3, 0.4) is 0 Å². The number of aryl methyl sites for hydroxylation is 1. The fourth-order valence-electron chi connectivity index (χ4n) is 2.59. The first-order chi connectivity index (χ1) is 14.2. The van der Waals surface area contributed by atoms with Crippen molar-refractivity contribution in [2.24, 2.45) is 0 Å². The number of nitrogens with one attached hydrogen (secondary N) is 1. The van der Waals surface area contributed by atoms with Crippen LogP contribution in [0.1, 0.15) is 23.0 Å². The van der Waals surface area contributed by atoms with Gasteiger partial charge in [0, 0.05) is 22.5 Å². The van der Waals surface area contributed by atoms with Crippen molar-refractivity contribution in [2.45, 2.75) is 26.3 Å². The largest absolute Gasteiger partial charge is 0.573 e. The number of hydrogen-bond acceptors (Lipinski definition) is 6. The fourth-order valence-corrected chi connectivity index (χ4v) is 3.42. The molecule has 1 amide bonds. The summed E-state index contributed by atoms with van der Waals surface area (Å²) in [6, 6.07) is 6.17. The van der Waals surface area contributed by atoms with Gasteiger partial charge >= 0.3 is 6.36 Å². The van der Waals surface area contributed by atoms with Crippen LogP contribution in [0.25, 0.3) is 22.6 Å². The number of ether oxygens (including phenoxy) is 1. The number of carbonyl (C=O) groups is 1. The molecule has 0 saturated heterocycles. The van der Waals surface area contributed by atoms with Crippen LogP contribution in [0.15, 0.2) is 41.1 Å². The van der Waals surface area contributed by atoms with E-state index >= 15 is 0 Å². The molecule has 1 atom stereocenters. The molecule has 0 spiro atoms. The zero-order valence-electron chi connectivity index (χ0n) is 16.0. The number of aromatic nitrogens is 2. The van der Waals surface area contributed by atoms with E-state index in [9.17, 15) is 23.1 Å². The van der Waals surface area contributed by atoms with Crippen molar-refractivity contribution in [2.75, 3.05) is 6.61 Å². The quantitative estimate of drug-likeness (QED) is 0.604. The maximum Gasteiger partial charge on any atom is 0.573 e. The number of hydrogen-bond donors (Lipinski definition) is 2. The maximum atomic E-state index is 12.6. The monoisotopic (exact) mass is 437 g/mol. The first kappa shape index (κ1) is 21.7. The van der Waals surface area contributed by atoms with Gasteiger partial charge in [0.2, 0.25) is 0 Å². The molecule has 3 aromatic rings. The molecule has 0 radical (unpaired) electrons. The van der Waals surface area contributed by atoms with E-state index in [4.69, 9.17) is 0 Å². The third kappa shape index (κ3) is 5.33. The lowest BCUT2D eigenvalue weighted by atomic mass is 10.1. The van der Waals surface area contributed by atoms with Gasteiger partial charge in [-0.2, -0.15) is 11.3 Å². The number of aliphatic hydroxyl groups is 1. The summed E-state index contributed by atoms with van der Waals surface area (Å²) in [5, 5.41) is 15.6. The van der Waals surface area contributed by atoms with E-state index in [0.717, 1.165) is 11.1 Å². The number of alkyl halides is 3. The summed E-state index contributed by atoms with van der Waals surface area (Å²) in [6.45, 7) is 3.29. The Morgan fingerprint density at radius 1 is 1.23 bits per heavy atom. The Morgan fingerprint density at radius 3 is 2.50 bits per heavy atom. The predicted octanol–water partition coefficient (Wildman–Crippen LogP) is 4.19. The summed E-state index contributed by atoms with van der Waals surface area (Å²) < 4.78 is 41.0. The van der Waals surface area contributed by atoms with E-state index in [-0.39, 0.29) is 18.1 Å². The summed E-state index contributed by atoms with van der Waals surface area (Å²) >= 11 is 1.46. The van der Waals surface area contributed by atoms with Gasteiger partial charge in [-0.15, -0.1) is 13.2 Å². The molecule has 30 heavy (non-hydrogen) atoms. The molecule has 2 aromatic heterocycles. The Balaban J connectivity index is 2.02. The maximum absolute atomic E-state index is 12.6. The molecule has 0 saturated carbocycles. The van der Waals surface area contributed by atoms with E-state index in [2.05, 4.69) is 20.0 Å². The van der Waals surface area contributed by atoms with Gasteiger partial charge in [0.15, 0.2) is 5.82 Å². The van der Waals surface area contributed by atoms with Gasteiger partial charge in [-0.25, -0.2) is 9.97 Å². The van der Waals surface area contributed by atoms with Crippen LogP contribution in [0.4, 0.5) is 13.2 Å². The molecule has 2 heterocycles. The Labute approximate surface area is 174 Å². The number of benzene rings is 1. The number of aliphatic hydroxyl groups excluding tert-OH is 1. The summed E-state index contributed by atoms with van der Waals surface area (Å²) in [4.78, 5) is 21.4. The number of carbonyl (C=O) groups excluding carboxylic acids is 1. The first-order valence-corrected chi connectivity index (χ1v) is 9.80. The molecule has 0 fully saturated rings. The molecule has 0 bridgehead atoms. The highest BCUT2D eigenvalue weighted by Gasteiger charge is 2.31. The lowest BCUT2D eigenvalue weighted by Crippen LogP contribution is -2.35. The minimum atomic E-state index is -4.78. The number of amides is 1. The second kappa shape index (κ2) is 8.80. The van der Waals surface area contributed by atoms with Gasteiger partial charge in [-0.1, -0.05) is 0 Å². The topological polar surface area (TPSA) is 84.3 Å². The smallest absolute Gasteiger partial charge is 0.406 e. The van der Waals surface area contributed by atoms with Crippen molar-refractivity contribution >= 4 is 17.2 Å². The summed E-state index contributed by atoms with van der Waals surface area (Å²) in [5.74, 6) is -0.529. The van der Waals surface area contributed by atoms with Gasteiger partial charge in [-0.3, -0.25) is 4.79 Å². The molecule has 0 aliphatic carbocycles. The van der Waals surface area contributed by atoms with E-state index in [1.807, 2.05) is 17.7 Å². The Kier molecular flexibility index (Phi) is 6.37. The third-order valence-corrected chi connectivity index (χ3v) is 4.95. The third-order valence-electron chi connectivity index (χ3n) is 4.09. The van der Waals surface area contributed by atoms with Gasteiger partial charge in [0.25, 0.3) is 5.91 Å². The van der Waals surface area contributed by atoms with Crippen molar-refractivity contribution < 1.29 is 27.8 Å². The minimum absolute atomic E-state index is 0.0801. The SMILES string of the molecule is Cc1cscc1-c1nc(C(=O)N[C@@H](C)CO)cc(-c2ccc(OC(F)(F)F)cc2)n1. The first-order valence-electron chi connectivity index (χ1n) is 8.86. The summed E-state index contributed by atoms with van der Waals surface area (Å²) in [6.07, 6.45) is -4.78. The van der Waals surface area contributed by atoms with Crippen molar-refractivity contribution in [1.82, 2.24) is 15.3 Å². The molecule has 10 heteroatoms. The molecular formula is C20H18F3N3O3S. The molecule has 0 aliphatic heterocycles. The van der Waals surface area contributed by atoms with Crippen LogP contribution < -0.4 is 10.1 Å². The standard InChI is InChI=1S/C20H18F3N3O3S/c1-11-9-30-10-15(11)18-25-16(7-17(26-18)19(28)24-12(2)8-27)13-3-5-14(6-4-13)29-20(21,22)23/h3-7,9-10,12,27H,8H2,1-2H3,(H,24,28)/t12-/m0/s1. The Morgan fingerprint density at radius 2 is 1.93 bits per heavy atom. The zero-order chi connectivity index (χ0) is 21.9. The van der Waals surface area contributed by atoms with E-state index in [1.54, 1.807) is 6.92 Å². The molecule has 1 aromatic carbocycles. The normalized spacial score (nSPS) is 12.5. The van der Waals surface area contributed by atoms with Crippen molar-refractivity contribution in [3.63, 3.8) is 0 Å². The van der Waals surface area contributed by atoms with Gasteiger partial charge in [0.1, 0.15) is 11.4 Å². The molecule has 0 aliphatic rings. The second-order valence-corrected chi connectivity index (χ2v) is 7.30. The van der Waals surface area contributed by atoms with E-state index in [1.165, 1.54) is 41.7 Å². The zero-order valence-corrected chi connectivity index (χ0v) is 16.8. The van der Waals surface area contributed by atoms with Crippen LogP contribution >= 0.6 is 11.3 Å². The highest BCUT2D eigenvalue weighted by molar-refractivity contribution is 7.08. The minimum Gasteiger partial charge on any atom is -0.406 e. The molecular weight excluding hydrogens is 419 g/mol. The average molecular weight is 437 g/mol. The fraction of sp³-hybridized carbons (Fsp3) is 0.250. The number of halogens is 3. The molecule has 0 unspecified atom stereocenters. The van der Waals surface area contributed by atoms with Crippen molar-refractivity contribution in [3.05, 3.63) is 52.3 Å². The van der Waals surface area contributed by atoms with Crippen molar-refractivity contribution in [3.8, 4) is 28.4 Å². The second-order valence-electron chi connectivity index (χ2n) is 6.56. The van der Waals surface area contributed by atoms with Crippen LogP contribution in [0, 0.1) is 6.92 Å². The molecule has 2 N–H and O–H groups in total. The highest BCUT2D eigenvalue weighted by Crippen LogP contribution is 2.29. The summed E-state index contributed by atoms with van der Waals surface area (Å²) in [7, 11) is 0. The number of thiophene rings is 1. The average Bonchev–Trinajstić information content (AvgIpc) is 3.12. The predicted molar refractivity (Wildman–Crippen MR) is 106 cm³/mol. The van der Waals surface area contributed by atoms with Gasteiger partial charge < -0.3 is 15.2 Å². The summed E-state index contributed by atoms with van der Waals surface area (Å²) in [5.41, 5.74) is 2.62. The highest BCUT2D eigenvalue weighted by atomic mass is 32.1. The van der Waals surface area contributed by atoms with Crippen LogP contribution in [0.5, 0.6) is 5.75 Å². The van der Waals surface area contributed by atoms with Crippen LogP contribution in [-0.4, -0.2) is 40.0 Å². The van der Waals surface area contributed by atoms with Crippen molar-refractivity contribution in [1.29, 1.82) is 0 Å². The Bertz CT molecular complexity index is 1040. The van der Waals surface area contributed by atoms with E-state index < -0.39 is 18.3 Å². The van der Waals surface area contributed by atoms with Gasteiger partial charge in [0.05, 0.1) is 12.3 Å².